The highest BCUT2D eigenvalue weighted by molar-refractivity contribution is 6.27. The van der Waals surface area contributed by atoms with Crippen LogP contribution >= 0.6 is 0 Å². The first-order valence-corrected chi connectivity index (χ1v) is 26.3. The van der Waals surface area contributed by atoms with Crippen molar-refractivity contribution in [3.63, 3.8) is 0 Å². The molecule has 10 aromatic rings. The van der Waals surface area contributed by atoms with Crippen molar-refractivity contribution in [2.24, 2.45) is 0 Å². The van der Waals surface area contributed by atoms with Crippen molar-refractivity contribution in [1.82, 2.24) is 0 Å². The molecule has 0 atom stereocenters. The molecule has 0 spiro atoms. The second-order valence-corrected chi connectivity index (χ2v) is 18.5. The van der Waals surface area contributed by atoms with E-state index in [0.29, 0.717) is 65.7 Å². The number of benzene rings is 10. The Bertz CT molecular complexity index is 3520. The Morgan fingerprint density at radius 2 is 0.333 bits per heavy atom. The van der Waals surface area contributed by atoms with Crippen molar-refractivity contribution in [2.45, 2.75) is 0 Å². The molecule has 0 aliphatic heterocycles. The average Bonchev–Trinajstić information content (AvgIpc) is 2.80. The first kappa shape index (κ1) is 55.6. The topological polar surface area (TPSA) is 158 Å². The zero-order chi connectivity index (χ0) is 58.0. The molecule has 0 aromatic heterocycles. The molecule has 0 amide bonds. The molecule has 0 bridgehead atoms. The highest BCUT2D eigenvalue weighted by Gasteiger charge is 2.24. The van der Waals surface area contributed by atoms with Crippen molar-refractivity contribution < 1.29 is 57.2 Å². The Kier molecular flexibility index (Phi) is 17.8. The molecule has 0 saturated heterocycles. The van der Waals surface area contributed by atoms with Gasteiger partial charge in [-0.15, -0.1) is 0 Å². The van der Waals surface area contributed by atoms with E-state index in [9.17, 15) is 28.8 Å². The summed E-state index contributed by atoms with van der Waals surface area (Å²) in [6.45, 7) is 0. The zero-order valence-electron chi connectivity index (χ0n) is 44.6. The maximum atomic E-state index is 13.8. The van der Waals surface area contributed by atoms with Gasteiger partial charge in [0.05, 0.1) is 0 Å². The molecule has 10 aromatic carbocycles. The van der Waals surface area contributed by atoms with E-state index >= 15 is 0 Å². The van der Waals surface area contributed by atoms with E-state index in [4.69, 9.17) is 28.4 Å². The van der Waals surface area contributed by atoms with Crippen LogP contribution in [0.4, 0.5) is 0 Å². The smallest absolute Gasteiger partial charge is 0.336 e. The highest BCUT2D eigenvalue weighted by atomic mass is 16.6. The molecule has 408 valence electrons. The van der Waals surface area contributed by atoms with Crippen molar-refractivity contribution in [3.8, 4) is 34.5 Å². The molecule has 0 fully saturated rings. The fourth-order valence-corrected chi connectivity index (χ4v) is 8.72. The van der Waals surface area contributed by atoms with Crippen LogP contribution in [0.2, 0.25) is 0 Å². The summed E-state index contributed by atoms with van der Waals surface area (Å²) in [6.07, 6.45) is 16.7. The minimum atomic E-state index is -0.830. The fraction of sp³-hybridized carbons (Fsp3) is 0. The quantitative estimate of drug-likeness (QED) is 0.0347. The molecule has 0 aliphatic carbocycles. The molecule has 0 unspecified atom stereocenters. The summed E-state index contributed by atoms with van der Waals surface area (Å²) in [5.41, 5.74) is 4.25. The van der Waals surface area contributed by atoms with Crippen LogP contribution in [0.15, 0.2) is 255 Å². The second-order valence-electron chi connectivity index (χ2n) is 18.5. The average molecular weight is 1110 g/mol. The monoisotopic (exact) mass is 1100 g/mol. The third kappa shape index (κ3) is 14.9. The van der Waals surface area contributed by atoms with Crippen LogP contribution in [-0.4, -0.2) is 35.8 Å². The van der Waals surface area contributed by atoms with Gasteiger partial charge in [0.15, 0.2) is 34.5 Å². The molecular formula is C72H48O12. The minimum absolute atomic E-state index is 0.202. The standard InChI is InChI=1S/C72H48O12/c73-67(37-31-49-19-7-1-8-20-49)79-61-43-55-56(44-62(61)80-68(74)38-32-50-21-9-2-10-22-50)58-46-64(82-70(76)40-34-52-25-13-4-14-26-52)66(84-72(78)42-36-54-29-17-6-18-30-54)48-60(58)59-47-65(83-71(77)41-35-53-27-15-5-16-28-53)63(45-57(55)59)81-69(75)39-33-51-23-11-3-12-24-51/h1-48H/b37-31+,38-32+,39-33+,40-34+,41-35+,42-36+. The van der Waals surface area contributed by atoms with Crippen molar-refractivity contribution in [1.29, 1.82) is 0 Å². The Labute approximate surface area is 482 Å². The maximum absolute atomic E-state index is 13.8. The van der Waals surface area contributed by atoms with E-state index in [0.717, 1.165) is 0 Å². The SMILES string of the molecule is O=C(/C=C/c1ccccc1)Oc1cc2c3cc(OC(=O)/C=C/c4ccccc4)c(OC(=O)/C=C/c4ccccc4)cc3c3cc(OC(=O)/C=C/c4ccccc4)c(OC(=O)/C=C/c4ccccc4)cc3c2cc1OC(=O)/C=C/c1ccccc1. The first-order valence-electron chi connectivity index (χ1n) is 26.3. The van der Waals surface area contributed by atoms with Crippen LogP contribution in [0.1, 0.15) is 33.4 Å². The van der Waals surface area contributed by atoms with Crippen molar-refractivity contribution >= 4 is 105 Å². The number of carbonyl (C=O) groups is 6. The van der Waals surface area contributed by atoms with Gasteiger partial charge in [-0.2, -0.15) is 0 Å². The Hall–Kier alpha value is -11.8. The molecule has 0 radical (unpaired) electrons. The lowest BCUT2D eigenvalue weighted by Gasteiger charge is -2.18. The third-order valence-corrected chi connectivity index (χ3v) is 12.7. The molecular weight excluding hydrogens is 1060 g/mol. The summed E-state index contributed by atoms with van der Waals surface area (Å²) in [4.78, 5) is 83.0. The van der Waals surface area contributed by atoms with Gasteiger partial charge in [-0.1, -0.05) is 182 Å². The largest absolute Gasteiger partial charge is 0.419 e. The number of ether oxygens (including phenoxy) is 6. The highest BCUT2D eigenvalue weighted by Crippen LogP contribution is 2.47. The van der Waals surface area contributed by atoms with Gasteiger partial charge < -0.3 is 28.4 Å². The normalized spacial score (nSPS) is 11.6. The van der Waals surface area contributed by atoms with Gasteiger partial charge in [-0.3, -0.25) is 0 Å². The number of carbonyl (C=O) groups excluding carboxylic acids is 6. The molecule has 0 aliphatic rings. The first-order chi connectivity index (χ1) is 41.1. The van der Waals surface area contributed by atoms with Gasteiger partial charge in [-0.25, -0.2) is 28.8 Å². The van der Waals surface area contributed by atoms with E-state index in [1.165, 1.54) is 72.9 Å². The molecule has 0 heterocycles. The van der Waals surface area contributed by atoms with Crippen LogP contribution in [0.5, 0.6) is 34.5 Å². The summed E-state index contributed by atoms with van der Waals surface area (Å²) >= 11 is 0. The lowest BCUT2D eigenvalue weighted by atomic mass is 9.93. The van der Waals surface area contributed by atoms with Crippen LogP contribution < -0.4 is 28.4 Å². The number of hydrogen-bond donors (Lipinski definition) is 0. The zero-order valence-corrected chi connectivity index (χ0v) is 44.6. The summed E-state index contributed by atoms with van der Waals surface area (Å²) in [5, 5.41) is 1.85. The maximum Gasteiger partial charge on any atom is 0.336 e. The van der Waals surface area contributed by atoms with Gasteiger partial charge in [-0.05, 0) is 139 Å². The van der Waals surface area contributed by atoms with E-state index in [-0.39, 0.29) is 34.5 Å². The van der Waals surface area contributed by atoms with E-state index in [1.54, 1.807) is 109 Å². The number of hydrogen-bond acceptors (Lipinski definition) is 12. The van der Waals surface area contributed by atoms with E-state index in [2.05, 4.69) is 0 Å². The summed E-state index contributed by atoms with van der Waals surface area (Å²) < 4.78 is 36.2. The molecule has 0 N–H and O–H groups in total. The number of fused-ring (bicyclic) bond motifs is 6. The number of rotatable bonds is 18. The van der Waals surface area contributed by atoms with E-state index < -0.39 is 35.8 Å². The second kappa shape index (κ2) is 26.9. The lowest BCUT2D eigenvalue weighted by Crippen LogP contribution is -2.10. The van der Waals surface area contributed by atoms with Crippen LogP contribution in [0, 0.1) is 0 Å². The molecule has 0 saturated carbocycles. The van der Waals surface area contributed by atoms with Gasteiger partial charge in [0.1, 0.15) is 0 Å². The molecule has 12 nitrogen and oxygen atoms in total. The van der Waals surface area contributed by atoms with Crippen LogP contribution in [-0.2, 0) is 28.8 Å². The summed E-state index contributed by atoms with van der Waals surface area (Å²) in [7, 11) is 0. The molecule has 84 heavy (non-hydrogen) atoms. The Morgan fingerprint density at radius 3 is 0.464 bits per heavy atom. The Balaban J connectivity index is 1.20. The van der Waals surface area contributed by atoms with Gasteiger partial charge >= 0.3 is 35.8 Å². The van der Waals surface area contributed by atoms with Crippen LogP contribution in [0.3, 0.4) is 0 Å². The van der Waals surface area contributed by atoms with Gasteiger partial charge in [0, 0.05) is 36.5 Å². The Morgan fingerprint density at radius 1 is 0.202 bits per heavy atom. The predicted molar refractivity (Wildman–Crippen MR) is 326 cm³/mol. The number of esters is 6. The molecule has 12 heteroatoms. The fourth-order valence-electron chi connectivity index (χ4n) is 8.72. The van der Waals surface area contributed by atoms with Crippen molar-refractivity contribution in [3.05, 3.63) is 288 Å². The van der Waals surface area contributed by atoms with E-state index in [1.807, 2.05) is 109 Å². The van der Waals surface area contributed by atoms with Gasteiger partial charge in [0.25, 0.3) is 0 Å². The predicted octanol–water partition coefficient (Wildman–Crippen LogP) is 14.9. The third-order valence-electron chi connectivity index (χ3n) is 12.7. The lowest BCUT2D eigenvalue weighted by molar-refractivity contribution is -0.131. The van der Waals surface area contributed by atoms with Gasteiger partial charge in [0.2, 0.25) is 0 Å². The minimum Gasteiger partial charge on any atom is -0.419 e. The van der Waals surface area contributed by atoms with Crippen molar-refractivity contribution in [2.75, 3.05) is 0 Å². The molecule has 10 rings (SSSR count). The summed E-state index contributed by atoms with van der Waals surface area (Å²) in [6, 6.07) is 63.2. The summed E-state index contributed by atoms with van der Waals surface area (Å²) in [5.74, 6) is -6.19. The van der Waals surface area contributed by atoms with Crippen LogP contribution in [0.25, 0.3) is 68.8 Å².